The number of halogens is 1. The van der Waals surface area contributed by atoms with Crippen molar-refractivity contribution in [1.82, 2.24) is 5.32 Å². The number of anilines is 1. The first-order valence-corrected chi connectivity index (χ1v) is 6.06. The highest BCUT2D eigenvalue weighted by molar-refractivity contribution is 14.1. The van der Waals surface area contributed by atoms with Crippen LogP contribution in [0.2, 0.25) is 0 Å². The van der Waals surface area contributed by atoms with E-state index in [-0.39, 0.29) is 0 Å². The number of hydrogen-bond donors (Lipinski definition) is 2. The van der Waals surface area contributed by atoms with E-state index in [1.54, 1.807) is 0 Å². The molecule has 1 aliphatic rings. The first-order chi connectivity index (χ1) is 6.74. The van der Waals surface area contributed by atoms with Crippen LogP contribution >= 0.6 is 34.8 Å². The molecular formula is C10H11IN2S. The van der Waals surface area contributed by atoms with Gasteiger partial charge in [0.15, 0.2) is 5.11 Å². The van der Waals surface area contributed by atoms with Crippen LogP contribution in [0.15, 0.2) is 24.3 Å². The maximum absolute atomic E-state index is 5.17. The quantitative estimate of drug-likeness (QED) is 0.648. The molecule has 1 aromatic rings. The Labute approximate surface area is 103 Å². The zero-order chi connectivity index (χ0) is 9.97. The molecule has 14 heavy (non-hydrogen) atoms. The molecule has 0 bridgehead atoms. The molecule has 2 nitrogen and oxygen atoms in total. The molecule has 0 unspecified atom stereocenters. The first kappa shape index (κ1) is 10.2. The number of rotatable bonds is 2. The lowest BCUT2D eigenvalue weighted by molar-refractivity contribution is 0.919. The summed E-state index contributed by atoms with van der Waals surface area (Å²) in [7, 11) is 0. The van der Waals surface area contributed by atoms with Gasteiger partial charge in [0, 0.05) is 15.3 Å². The van der Waals surface area contributed by atoms with Gasteiger partial charge in [-0.25, -0.2) is 0 Å². The van der Waals surface area contributed by atoms with Crippen LogP contribution < -0.4 is 10.6 Å². The Kier molecular flexibility index (Phi) is 3.22. The summed E-state index contributed by atoms with van der Waals surface area (Å²) in [6, 6.07) is 8.77. The van der Waals surface area contributed by atoms with Crippen molar-refractivity contribution in [2.75, 3.05) is 5.32 Å². The van der Waals surface area contributed by atoms with Crippen LogP contribution in [0.25, 0.3) is 0 Å². The summed E-state index contributed by atoms with van der Waals surface area (Å²) in [5.41, 5.74) is 1.05. The Balaban J connectivity index is 1.92. The van der Waals surface area contributed by atoms with Crippen molar-refractivity contribution >= 4 is 45.6 Å². The normalized spacial score (nSPS) is 14.9. The van der Waals surface area contributed by atoms with E-state index in [9.17, 15) is 0 Å². The van der Waals surface area contributed by atoms with Gasteiger partial charge in [0.25, 0.3) is 0 Å². The molecular weight excluding hydrogens is 307 g/mol. The Morgan fingerprint density at radius 1 is 1.43 bits per heavy atom. The second-order valence-corrected chi connectivity index (χ2v) is 5.04. The van der Waals surface area contributed by atoms with Gasteiger partial charge in [0.2, 0.25) is 0 Å². The van der Waals surface area contributed by atoms with Crippen LogP contribution in [-0.4, -0.2) is 11.2 Å². The van der Waals surface area contributed by atoms with E-state index < -0.39 is 0 Å². The Bertz CT molecular complexity index is 350. The van der Waals surface area contributed by atoms with E-state index in [1.807, 2.05) is 12.1 Å². The fourth-order valence-electron chi connectivity index (χ4n) is 1.15. The van der Waals surface area contributed by atoms with E-state index in [0.717, 1.165) is 10.8 Å². The average molecular weight is 318 g/mol. The third kappa shape index (κ3) is 3.09. The molecule has 0 amide bonds. The van der Waals surface area contributed by atoms with E-state index in [4.69, 9.17) is 12.2 Å². The zero-order valence-electron chi connectivity index (χ0n) is 7.59. The molecule has 2 rings (SSSR count). The lowest BCUT2D eigenvalue weighted by atomic mass is 10.3. The third-order valence-corrected chi connectivity index (χ3v) is 2.89. The van der Waals surface area contributed by atoms with Gasteiger partial charge in [-0.3, -0.25) is 0 Å². The minimum absolute atomic E-state index is 0.609. The summed E-state index contributed by atoms with van der Waals surface area (Å²) >= 11 is 7.46. The minimum atomic E-state index is 0.609. The largest absolute Gasteiger partial charge is 0.360 e. The van der Waals surface area contributed by atoms with Crippen LogP contribution in [0.3, 0.4) is 0 Å². The maximum Gasteiger partial charge on any atom is 0.170 e. The fraction of sp³-hybridized carbons (Fsp3) is 0.300. The number of hydrogen-bond acceptors (Lipinski definition) is 1. The summed E-state index contributed by atoms with van der Waals surface area (Å²) in [5, 5.41) is 7.14. The highest BCUT2D eigenvalue weighted by Gasteiger charge is 2.21. The van der Waals surface area contributed by atoms with Crippen molar-refractivity contribution in [3.05, 3.63) is 27.8 Å². The van der Waals surface area contributed by atoms with Crippen LogP contribution in [0.5, 0.6) is 0 Å². The van der Waals surface area contributed by atoms with Gasteiger partial charge in [-0.1, -0.05) is 6.07 Å². The van der Waals surface area contributed by atoms with Crippen LogP contribution in [0, 0.1) is 3.57 Å². The molecule has 0 radical (unpaired) electrons. The number of benzene rings is 1. The van der Waals surface area contributed by atoms with E-state index in [0.29, 0.717) is 6.04 Å². The van der Waals surface area contributed by atoms with Crippen molar-refractivity contribution in [2.45, 2.75) is 18.9 Å². The monoisotopic (exact) mass is 318 g/mol. The van der Waals surface area contributed by atoms with Crippen molar-refractivity contribution in [3.63, 3.8) is 0 Å². The molecule has 0 aliphatic heterocycles. The average Bonchev–Trinajstić information content (AvgIpc) is 2.87. The molecule has 74 valence electrons. The van der Waals surface area contributed by atoms with Crippen molar-refractivity contribution in [3.8, 4) is 0 Å². The van der Waals surface area contributed by atoms with E-state index in [1.165, 1.54) is 16.4 Å². The summed E-state index contributed by atoms with van der Waals surface area (Å²) in [5.74, 6) is 0. The first-order valence-electron chi connectivity index (χ1n) is 4.57. The highest BCUT2D eigenvalue weighted by atomic mass is 127. The fourth-order valence-corrected chi connectivity index (χ4v) is 1.97. The van der Waals surface area contributed by atoms with Crippen LogP contribution in [-0.2, 0) is 0 Å². The predicted octanol–water partition coefficient (Wildman–Crippen LogP) is 2.74. The molecule has 0 spiro atoms. The van der Waals surface area contributed by atoms with Gasteiger partial charge >= 0.3 is 0 Å². The molecule has 1 aromatic carbocycles. The summed E-state index contributed by atoms with van der Waals surface area (Å²) < 4.78 is 1.21. The van der Waals surface area contributed by atoms with Gasteiger partial charge in [-0.2, -0.15) is 0 Å². The lowest BCUT2D eigenvalue weighted by Crippen LogP contribution is -2.30. The zero-order valence-corrected chi connectivity index (χ0v) is 10.6. The van der Waals surface area contributed by atoms with Gasteiger partial charge in [-0.05, 0) is 65.8 Å². The minimum Gasteiger partial charge on any atom is -0.360 e. The van der Waals surface area contributed by atoms with Gasteiger partial charge in [0.1, 0.15) is 0 Å². The summed E-state index contributed by atoms with van der Waals surface area (Å²) in [6.45, 7) is 0. The SMILES string of the molecule is S=C(Nc1cccc(I)c1)NC1CC1. The smallest absolute Gasteiger partial charge is 0.170 e. The molecule has 2 N–H and O–H groups in total. The predicted molar refractivity (Wildman–Crippen MR) is 71.5 cm³/mol. The Hall–Kier alpha value is -0.360. The standard InChI is InChI=1S/C10H11IN2S/c11-7-2-1-3-9(6-7)13-10(14)12-8-4-5-8/h1-3,6,8H,4-5H2,(H2,12,13,14). The van der Waals surface area contributed by atoms with E-state index >= 15 is 0 Å². The van der Waals surface area contributed by atoms with Gasteiger partial charge in [-0.15, -0.1) is 0 Å². The van der Waals surface area contributed by atoms with Crippen molar-refractivity contribution < 1.29 is 0 Å². The maximum atomic E-state index is 5.17. The molecule has 1 fully saturated rings. The Morgan fingerprint density at radius 2 is 2.21 bits per heavy atom. The molecule has 1 aliphatic carbocycles. The summed E-state index contributed by atoms with van der Waals surface area (Å²) in [6.07, 6.45) is 2.49. The molecule has 0 saturated heterocycles. The number of nitrogens with one attached hydrogen (secondary N) is 2. The second-order valence-electron chi connectivity index (χ2n) is 3.38. The number of thiocarbonyl (C=S) groups is 1. The molecule has 0 aromatic heterocycles. The highest BCUT2D eigenvalue weighted by Crippen LogP contribution is 2.19. The Morgan fingerprint density at radius 3 is 2.86 bits per heavy atom. The van der Waals surface area contributed by atoms with E-state index in [2.05, 4.69) is 45.4 Å². The molecule has 4 heteroatoms. The van der Waals surface area contributed by atoms with Crippen LogP contribution in [0.1, 0.15) is 12.8 Å². The molecule has 0 heterocycles. The summed E-state index contributed by atoms with van der Waals surface area (Å²) in [4.78, 5) is 0. The van der Waals surface area contributed by atoms with Gasteiger partial charge in [0.05, 0.1) is 0 Å². The molecule has 1 saturated carbocycles. The lowest BCUT2D eigenvalue weighted by Gasteiger charge is -2.09. The van der Waals surface area contributed by atoms with Gasteiger partial charge < -0.3 is 10.6 Å². The topological polar surface area (TPSA) is 24.1 Å². The third-order valence-electron chi connectivity index (χ3n) is 2.00. The molecule has 0 atom stereocenters. The second kappa shape index (κ2) is 4.44. The van der Waals surface area contributed by atoms with Crippen molar-refractivity contribution in [2.24, 2.45) is 0 Å². The van der Waals surface area contributed by atoms with Crippen LogP contribution in [0.4, 0.5) is 5.69 Å². The van der Waals surface area contributed by atoms with Crippen molar-refractivity contribution in [1.29, 1.82) is 0 Å².